The lowest BCUT2D eigenvalue weighted by Gasteiger charge is -2.33. The SMILES string of the molecule is CN(C)C(=O)C(Cl)(C#N)C(C)(C)C. The first-order chi connectivity index (χ1) is 5.66. The van der Waals surface area contributed by atoms with Crippen molar-refractivity contribution in [2.75, 3.05) is 14.1 Å². The lowest BCUT2D eigenvalue weighted by atomic mass is 9.80. The fourth-order valence-electron chi connectivity index (χ4n) is 0.844. The highest BCUT2D eigenvalue weighted by Gasteiger charge is 2.48. The largest absolute Gasteiger partial charge is 0.346 e. The minimum Gasteiger partial charge on any atom is -0.346 e. The first-order valence-corrected chi connectivity index (χ1v) is 4.36. The van der Waals surface area contributed by atoms with E-state index in [0.29, 0.717) is 0 Å². The van der Waals surface area contributed by atoms with E-state index >= 15 is 0 Å². The van der Waals surface area contributed by atoms with Gasteiger partial charge >= 0.3 is 0 Å². The van der Waals surface area contributed by atoms with E-state index in [1.807, 2.05) is 6.07 Å². The van der Waals surface area contributed by atoms with Crippen molar-refractivity contribution in [3.63, 3.8) is 0 Å². The average Bonchev–Trinajstić information content (AvgIpc) is 1.99. The highest BCUT2D eigenvalue weighted by Crippen LogP contribution is 2.37. The normalized spacial score (nSPS) is 15.8. The molecular weight excluding hydrogens is 188 g/mol. The Morgan fingerprint density at radius 1 is 1.38 bits per heavy atom. The summed E-state index contributed by atoms with van der Waals surface area (Å²) in [5.41, 5.74) is -0.579. The minimum atomic E-state index is -1.48. The number of hydrogen-bond donors (Lipinski definition) is 0. The molecule has 0 N–H and O–H groups in total. The maximum Gasteiger partial charge on any atom is 0.258 e. The first-order valence-electron chi connectivity index (χ1n) is 3.98. The Kier molecular flexibility index (Phi) is 3.34. The maximum absolute atomic E-state index is 11.6. The molecule has 13 heavy (non-hydrogen) atoms. The van der Waals surface area contributed by atoms with Crippen molar-refractivity contribution < 1.29 is 4.79 Å². The van der Waals surface area contributed by atoms with E-state index in [2.05, 4.69) is 0 Å². The smallest absolute Gasteiger partial charge is 0.258 e. The Hall–Kier alpha value is -0.750. The summed E-state index contributed by atoms with van der Waals surface area (Å²) < 4.78 is 0. The topological polar surface area (TPSA) is 44.1 Å². The van der Waals surface area contributed by atoms with Crippen LogP contribution in [0.5, 0.6) is 0 Å². The first kappa shape index (κ1) is 12.2. The van der Waals surface area contributed by atoms with Gasteiger partial charge in [-0.2, -0.15) is 5.26 Å². The molecule has 0 aliphatic heterocycles. The second-order valence-corrected chi connectivity index (χ2v) is 4.79. The molecule has 74 valence electrons. The summed E-state index contributed by atoms with van der Waals surface area (Å²) in [7, 11) is 3.17. The molecule has 4 heteroatoms. The third-order valence-corrected chi connectivity index (χ3v) is 2.70. The molecular formula is C9H15ClN2O. The fraction of sp³-hybridized carbons (Fsp3) is 0.778. The third-order valence-electron chi connectivity index (χ3n) is 1.89. The van der Waals surface area contributed by atoms with Crippen LogP contribution in [0, 0.1) is 16.7 Å². The standard InChI is InChI=1S/C9H15ClN2O/c1-8(2,3)9(10,6-11)7(13)12(4)5/h1-5H3. The molecule has 0 aliphatic carbocycles. The summed E-state index contributed by atoms with van der Waals surface area (Å²) in [6, 6.07) is 1.87. The molecule has 0 spiro atoms. The number of nitriles is 1. The summed E-state index contributed by atoms with van der Waals surface area (Å²) in [5.74, 6) is -0.371. The Morgan fingerprint density at radius 2 is 1.77 bits per heavy atom. The Labute approximate surface area is 84.3 Å². The molecule has 0 saturated heterocycles. The van der Waals surface area contributed by atoms with Gasteiger partial charge in [0.1, 0.15) is 0 Å². The maximum atomic E-state index is 11.6. The molecule has 3 nitrogen and oxygen atoms in total. The van der Waals surface area contributed by atoms with Crippen LogP contribution in [-0.2, 0) is 4.79 Å². The summed E-state index contributed by atoms with van der Waals surface area (Å²) in [4.78, 5) is 11.5. The molecule has 0 radical (unpaired) electrons. The highest BCUT2D eigenvalue weighted by molar-refractivity contribution is 6.37. The zero-order chi connectivity index (χ0) is 10.9. The van der Waals surface area contributed by atoms with Gasteiger partial charge in [0, 0.05) is 19.5 Å². The van der Waals surface area contributed by atoms with E-state index in [4.69, 9.17) is 16.9 Å². The van der Waals surface area contributed by atoms with Gasteiger partial charge in [0.2, 0.25) is 4.87 Å². The Morgan fingerprint density at radius 3 is 1.85 bits per heavy atom. The van der Waals surface area contributed by atoms with Gasteiger partial charge < -0.3 is 4.90 Å². The molecule has 0 aliphatic rings. The van der Waals surface area contributed by atoms with Crippen molar-refractivity contribution in [3.8, 4) is 6.07 Å². The van der Waals surface area contributed by atoms with E-state index in [1.165, 1.54) is 4.90 Å². The quantitative estimate of drug-likeness (QED) is 0.607. The molecule has 1 amide bonds. The van der Waals surface area contributed by atoms with Crippen LogP contribution in [0.15, 0.2) is 0 Å². The number of carbonyl (C=O) groups is 1. The van der Waals surface area contributed by atoms with Crippen LogP contribution < -0.4 is 0 Å². The predicted octanol–water partition coefficient (Wildman–Crippen LogP) is 1.62. The zero-order valence-corrected chi connectivity index (χ0v) is 9.44. The van der Waals surface area contributed by atoms with Crippen LogP contribution in [0.4, 0.5) is 0 Å². The molecule has 0 aromatic carbocycles. The van der Waals surface area contributed by atoms with Crippen molar-refractivity contribution in [1.82, 2.24) is 4.90 Å². The van der Waals surface area contributed by atoms with Gasteiger partial charge in [-0.3, -0.25) is 4.79 Å². The molecule has 0 bridgehead atoms. The molecule has 0 aromatic heterocycles. The monoisotopic (exact) mass is 202 g/mol. The minimum absolute atomic E-state index is 0.371. The molecule has 1 atom stereocenters. The van der Waals surface area contributed by atoms with Crippen LogP contribution in [0.3, 0.4) is 0 Å². The summed E-state index contributed by atoms with van der Waals surface area (Å²) in [5, 5.41) is 8.91. The lowest BCUT2D eigenvalue weighted by molar-refractivity contribution is -0.132. The Balaban J connectivity index is 5.11. The highest BCUT2D eigenvalue weighted by atomic mass is 35.5. The van der Waals surface area contributed by atoms with Crippen LogP contribution >= 0.6 is 11.6 Å². The van der Waals surface area contributed by atoms with Crippen LogP contribution in [0.25, 0.3) is 0 Å². The molecule has 0 heterocycles. The van der Waals surface area contributed by atoms with E-state index in [1.54, 1.807) is 34.9 Å². The van der Waals surface area contributed by atoms with Crippen LogP contribution in [0.1, 0.15) is 20.8 Å². The fourth-order valence-corrected chi connectivity index (χ4v) is 1.01. The van der Waals surface area contributed by atoms with E-state index in [-0.39, 0.29) is 5.91 Å². The van der Waals surface area contributed by atoms with Crippen LogP contribution in [0.2, 0.25) is 0 Å². The van der Waals surface area contributed by atoms with Crippen molar-refractivity contribution in [2.45, 2.75) is 25.6 Å². The number of alkyl halides is 1. The van der Waals surface area contributed by atoms with Crippen LogP contribution in [-0.4, -0.2) is 29.8 Å². The van der Waals surface area contributed by atoms with Gasteiger partial charge in [-0.1, -0.05) is 32.4 Å². The van der Waals surface area contributed by atoms with Crippen molar-refractivity contribution in [2.24, 2.45) is 5.41 Å². The van der Waals surface area contributed by atoms with E-state index in [0.717, 1.165) is 0 Å². The summed E-state index contributed by atoms with van der Waals surface area (Å²) in [6.07, 6.45) is 0. The van der Waals surface area contributed by atoms with Gasteiger partial charge in [0.15, 0.2) is 0 Å². The zero-order valence-electron chi connectivity index (χ0n) is 8.68. The van der Waals surface area contributed by atoms with Gasteiger partial charge in [-0.25, -0.2) is 0 Å². The molecule has 0 fully saturated rings. The van der Waals surface area contributed by atoms with Gasteiger partial charge in [-0.15, -0.1) is 0 Å². The average molecular weight is 203 g/mol. The summed E-state index contributed by atoms with van der Waals surface area (Å²) >= 11 is 5.99. The van der Waals surface area contributed by atoms with Crippen molar-refractivity contribution in [3.05, 3.63) is 0 Å². The molecule has 1 unspecified atom stereocenters. The predicted molar refractivity (Wildman–Crippen MR) is 52.3 cm³/mol. The number of halogens is 1. The van der Waals surface area contributed by atoms with Gasteiger partial charge in [0.25, 0.3) is 5.91 Å². The molecule has 0 aromatic rings. The van der Waals surface area contributed by atoms with Gasteiger partial charge in [-0.05, 0) is 0 Å². The number of rotatable bonds is 1. The van der Waals surface area contributed by atoms with Crippen molar-refractivity contribution in [1.29, 1.82) is 5.26 Å². The number of amides is 1. The summed E-state index contributed by atoms with van der Waals surface area (Å²) in [6.45, 7) is 5.31. The third kappa shape index (κ3) is 2.13. The Bertz CT molecular complexity index is 249. The van der Waals surface area contributed by atoms with Crippen molar-refractivity contribution >= 4 is 17.5 Å². The van der Waals surface area contributed by atoms with E-state index in [9.17, 15) is 4.79 Å². The number of hydrogen-bond acceptors (Lipinski definition) is 2. The molecule has 0 rings (SSSR count). The number of nitrogens with zero attached hydrogens (tertiary/aromatic N) is 2. The molecule has 0 saturated carbocycles. The second kappa shape index (κ2) is 3.55. The lowest BCUT2D eigenvalue weighted by Crippen LogP contribution is -2.49. The second-order valence-electron chi connectivity index (χ2n) is 4.22. The number of carbonyl (C=O) groups excluding carboxylic acids is 1. The van der Waals surface area contributed by atoms with Gasteiger partial charge in [0.05, 0.1) is 6.07 Å². The van der Waals surface area contributed by atoms with E-state index < -0.39 is 10.3 Å².